The molecule has 0 N–H and O–H groups in total. The molecule has 0 radical (unpaired) electrons. The van der Waals surface area contributed by atoms with Crippen molar-refractivity contribution in [2.75, 3.05) is 0 Å². The molecule has 1 saturated carbocycles. The van der Waals surface area contributed by atoms with Gasteiger partial charge in [0, 0.05) is 0 Å². The van der Waals surface area contributed by atoms with E-state index in [0.29, 0.717) is 15.9 Å². The maximum Gasteiger partial charge on any atom is 0.352 e. The van der Waals surface area contributed by atoms with Crippen LogP contribution in [0.5, 0.6) is 5.88 Å². The van der Waals surface area contributed by atoms with Gasteiger partial charge in [0.15, 0.2) is 5.60 Å². The topological polar surface area (TPSA) is 135 Å². The minimum Gasteiger partial charge on any atom is -0.463 e. The van der Waals surface area contributed by atoms with Crippen LogP contribution in [-0.4, -0.2) is 21.5 Å². The van der Waals surface area contributed by atoms with Crippen molar-refractivity contribution >= 4 is 44.5 Å². The van der Waals surface area contributed by atoms with E-state index in [0.717, 1.165) is 42.7 Å². The number of hydrogen-bond acceptors (Lipinski definition) is 10. The van der Waals surface area contributed by atoms with Crippen molar-refractivity contribution in [3.63, 3.8) is 0 Å². The van der Waals surface area contributed by atoms with Gasteiger partial charge in [0.1, 0.15) is 28.8 Å². The number of amidine groups is 1. The van der Waals surface area contributed by atoms with Crippen molar-refractivity contribution in [3.05, 3.63) is 17.1 Å². The van der Waals surface area contributed by atoms with Crippen LogP contribution < -0.4 is 4.74 Å². The lowest BCUT2D eigenvalue weighted by Crippen LogP contribution is -2.38. The molecule has 1 fully saturated rings. The van der Waals surface area contributed by atoms with Crippen molar-refractivity contribution in [3.8, 4) is 33.8 Å². The lowest BCUT2D eigenvalue weighted by atomic mass is 9.81. The van der Waals surface area contributed by atoms with Crippen LogP contribution in [0.2, 0.25) is 0 Å². The Morgan fingerprint density at radius 3 is 2.34 bits per heavy atom. The highest BCUT2D eigenvalue weighted by Gasteiger charge is 2.46. The van der Waals surface area contributed by atoms with Gasteiger partial charge in [-0.1, -0.05) is 40.7 Å². The number of nitriles is 3. The first-order valence-corrected chi connectivity index (χ1v) is 10.2. The maximum absolute atomic E-state index is 9.01. The largest absolute Gasteiger partial charge is 0.463 e. The fourth-order valence-electron chi connectivity index (χ4n) is 3.41. The first kappa shape index (κ1) is 18.7. The van der Waals surface area contributed by atoms with Crippen molar-refractivity contribution in [2.45, 2.75) is 37.7 Å². The fourth-order valence-corrected chi connectivity index (χ4v) is 5.43. The molecule has 0 unspecified atom stereocenters. The Labute approximate surface area is 173 Å². The Morgan fingerprint density at radius 2 is 1.69 bits per heavy atom. The SMILES string of the molecule is [C-]#[N+]/C(C#N)=N/c1nc2c(s1)-c1sc(N=C(C#N)C#N)nc1OC21CCCCC1. The molecule has 2 aliphatic rings. The summed E-state index contributed by atoms with van der Waals surface area (Å²) in [4.78, 5) is 21.7. The Balaban J connectivity index is 1.87. The molecule has 2 aromatic rings. The van der Waals surface area contributed by atoms with Gasteiger partial charge in [-0.2, -0.15) is 25.5 Å². The second-order valence-corrected chi connectivity index (χ2v) is 8.26. The number of aromatic nitrogens is 2. The number of fused-ring (bicyclic) bond motifs is 4. The van der Waals surface area contributed by atoms with E-state index in [9.17, 15) is 0 Å². The summed E-state index contributed by atoms with van der Waals surface area (Å²) in [5, 5.41) is 27.5. The zero-order valence-corrected chi connectivity index (χ0v) is 16.5. The molecule has 4 rings (SSSR count). The molecule has 0 bridgehead atoms. The van der Waals surface area contributed by atoms with Crippen LogP contribution in [0.4, 0.5) is 10.3 Å². The molecule has 1 aliphatic carbocycles. The molecule has 2 aromatic heterocycles. The van der Waals surface area contributed by atoms with Gasteiger partial charge < -0.3 is 9.58 Å². The monoisotopic (exact) mass is 418 g/mol. The lowest BCUT2D eigenvalue weighted by molar-refractivity contribution is 0.0170. The average Bonchev–Trinajstić information content (AvgIpc) is 3.35. The summed E-state index contributed by atoms with van der Waals surface area (Å²) in [6.07, 6.45) is 4.63. The molecular formula is C18H10N8OS2. The third-order valence-electron chi connectivity index (χ3n) is 4.62. The van der Waals surface area contributed by atoms with E-state index in [-0.39, 0.29) is 16.7 Å². The van der Waals surface area contributed by atoms with Gasteiger partial charge in [-0.25, -0.2) is 5.26 Å². The predicted octanol–water partition coefficient (Wildman–Crippen LogP) is 4.41. The van der Waals surface area contributed by atoms with Gasteiger partial charge in [0.2, 0.25) is 16.7 Å². The Bertz CT molecular complexity index is 1190. The summed E-state index contributed by atoms with van der Waals surface area (Å²) in [7, 11) is 0. The highest BCUT2D eigenvalue weighted by atomic mass is 32.1. The summed E-state index contributed by atoms with van der Waals surface area (Å²) in [6, 6.07) is 5.20. The molecule has 29 heavy (non-hydrogen) atoms. The second-order valence-electron chi connectivity index (χ2n) is 6.30. The Morgan fingerprint density at radius 1 is 1.00 bits per heavy atom. The van der Waals surface area contributed by atoms with Gasteiger partial charge in [-0.15, -0.1) is 0 Å². The molecular weight excluding hydrogens is 408 g/mol. The van der Waals surface area contributed by atoms with Crippen LogP contribution in [0.3, 0.4) is 0 Å². The van der Waals surface area contributed by atoms with Crippen LogP contribution in [0.15, 0.2) is 9.98 Å². The van der Waals surface area contributed by atoms with Crippen LogP contribution in [-0.2, 0) is 5.60 Å². The van der Waals surface area contributed by atoms with Crippen LogP contribution in [0.1, 0.15) is 37.8 Å². The zero-order chi connectivity index (χ0) is 20.4. The molecule has 0 atom stereocenters. The summed E-state index contributed by atoms with van der Waals surface area (Å²) in [6.45, 7) is 7.03. The highest BCUT2D eigenvalue weighted by Crippen LogP contribution is 2.56. The normalized spacial score (nSPS) is 16.2. The minimum absolute atomic E-state index is 0.254. The van der Waals surface area contributed by atoms with E-state index in [2.05, 4.69) is 24.8 Å². The summed E-state index contributed by atoms with van der Waals surface area (Å²) < 4.78 is 6.32. The number of ether oxygens (including phenoxy) is 1. The molecule has 0 amide bonds. The number of thiazole rings is 2. The first-order valence-electron chi connectivity index (χ1n) is 8.59. The third kappa shape index (κ3) is 3.23. The molecule has 0 saturated heterocycles. The molecule has 9 nitrogen and oxygen atoms in total. The number of rotatable bonds is 2. The van der Waals surface area contributed by atoms with Gasteiger partial charge in [0.05, 0.1) is 4.88 Å². The molecule has 1 spiro atoms. The van der Waals surface area contributed by atoms with Gasteiger partial charge in [0.25, 0.3) is 0 Å². The van der Waals surface area contributed by atoms with E-state index in [4.69, 9.17) is 27.1 Å². The van der Waals surface area contributed by atoms with Gasteiger partial charge >= 0.3 is 11.0 Å². The zero-order valence-electron chi connectivity index (χ0n) is 14.8. The van der Waals surface area contributed by atoms with Crippen molar-refractivity contribution in [2.24, 2.45) is 9.98 Å². The summed E-state index contributed by atoms with van der Waals surface area (Å²) in [5.41, 5.74) is -0.164. The Kier molecular flexibility index (Phi) is 4.78. The van der Waals surface area contributed by atoms with Crippen molar-refractivity contribution in [1.82, 2.24) is 9.97 Å². The first-order chi connectivity index (χ1) is 14.1. The highest BCUT2D eigenvalue weighted by molar-refractivity contribution is 7.25. The molecule has 1 aliphatic heterocycles. The quantitative estimate of drug-likeness (QED) is 0.402. The smallest absolute Gasteiger partial charge is 0.352 e. The van der Waals surface area contributed by atoms with E-state index < -0.39 is 5.60 Å². The van der Waals surface area contributed by atoms with Crippen molar-refractivity contribution < 1.29 is 4.74 Å². The molecule has 3 heterocycles. The van der Waals surface area contributed by atoms with E-state index >= 15 is 0 Å². The van der Waals surface area contributed by atoms with Crippen LogP contribution in [0, 0.1) is 40.6 Å². The molecule has 140 valence electrons. The van der Waals surface area contributed by atoms with E-state index in [1.54, 1.807) is 18.2 Å². The molecule has 11 heteroatoms. The Hall–Kier alpha value is -3.64. The predicted molar refractivity (Wildman–Crippen MR) is 106 cm³/mol. The number of hydrogen-bond donors (Lipinski definition) is 0. The van der Waals surface area contributed by atoms with E-state index in [1.807, 2.05) is 0 Å². The van der Waals surface area contributed by atoms with Crippen LogP contribution in [0.25, 0.3) is 14.6 Å². The minimum atomic E-state index is -0.627. The van der Waals surface area contributed by atoms with Crippen LogP contribution >= 0.6 is 22.7 Å². The fraction of sp³-hybridized carbons (Fsp3) is 0.333. The average molecular weight is 418 g/mol. The summed E-state index contributed by atoms with van der Waals surface area (Å²) >= 11 is 2.47. The van der Waals surface area contributed by atoms with Gasteiger partial charge in [-0.05, 0) is 25.7 Å². The standard InChI is InChI=1S/C18H10N8OS2/c1-22-11(9-21)24-17-25-14-12(28-17)13-15(27-18(14)5-3-2-4-6-18)26-16(29-13)23-10(7-19)8-20/h2-6H2/b24-11+. The number of nitrogens with zero attached hydrogens (tertiary/aromatic N) is 8. The third-order valence-corrected chi connectivity index (χ3v) is 6.66. The van der Waals surface area contributed by atoms with E-state index in [1.165, 1.54) is 22.7 Å². The second kappa shape index (κ2) is 7.41. The van der Waals surface area contributed by atoms with Gasteiger partial charge in [-0.3, -0.25) is 0 Å². The van der Waals surface area contributed by atoms with Crippen molar-refractivity contribution in [1.29, 1.82) is 15.8 Å². The maximum atomic E-state index is 9.01. The number of aliphatic imine (C=N–C) groups is 2. The summed E-state index contributed by atoms with van der Waals surface area (Å²) in [5.74, 6) is 0.125. The molecule has 0 aromatic carbocycles. The lowest BCUT2D eigenvalue weighted by Gasteiger charge is -2.38.